The molecule has 8 aromatic rings. The molecule has 0 unspecified atom stereocenters. The molecule has 0 spiro atoms. The van der Waals surface area contributed by atoms with Gasteiger partial charge in [-0.05, 0) is 39.0 Å². The first-order valence-corrected chi connectivity index (χ1v) is 17.0. The van der Waals surface area contributed by atoms with Crippen molar-refractivity contribution in [1.29, 1.82) is 0 Å². The number of nitrogens with zero attached hydrogens (tertiary/aromatic N) is 11. The normalized spacial score (nSPS) is 11.4. The maximum atomic E-state index is 14.4. The van der Waals surface area contributed by atoms with E-state index in [-0.39, 0.29) is 0 Å². The molecule has 15 heteroatoms. The summed E-state index contributed by atoms with van der Waals surface area (Å²) in [5, 5.41) is 10.3. The number of fused-ring (bicyclic) bond motifs is 2. The van der Waals surface area contributed by atoms with Gasteiger partial charge in [0.25, 0.3) is 0 Å². The standard InChI is InChI=1S/C34H23ClFN11S2/c1-18-4-6-24-26(21-8-23(36)12-37-9-21)13-40-31(29(24)42-18)46(33-44-20(3)15-48-33)47(34-45-28(35)16-49-34)32-30-25(7-5-19(2)43-30)27(14-41-32)22-10-38-17-39-11-22/h4-17H,1-3H3. The highest BCUT2D eigenvalue weighted by atomic mass is 35.5. The van der Waals surface area contributed by atoms with Crippen LogP contribution in [0.3, 0.4) is 0 Å². The van der Waals surface area contributed by atoms with Crippen LogP contribution in [0, 0.1) is 26.6 Å². The summed E-state index contributed by atoms with van der Waals surface area (Å²) in [5.74, 6) is 0.447. The van der Waals surface area contributed by atoms with E-state index in [1.807, 2.05) is 60.4 Å². The number of hydrazine groups is 1. The lowest BCUT2D eigenvalue weighted by molar-refractivity contribution is 0.622. The fraction of sp³-hybridized carbons (Fsp3) is 0.0882. The average Bonchev–Trinajstić information content (AvgIpc) is 3.74. The van der Waals surface area contributed by atoms with Gasteiger partial charge in [0.05, 0.1) is 11.9 Å². The number of hydrogen-bond donors (Lipinski definition) is 0. The second-order valence-corrected chi connectivity index (χ2v) is 13.1. The maximum absolute atomic E-state index is 14.4. The third kappa shape index (κ3) is 5.69. The number of aromatic nitrogens is 9. The molecule has 0 radical (unpaired) electrons. The van der Waals surface area contributed by atoms with Gasteiger partial charge in [-0.3, -0.25) is 4.98 Å². The minimum Gasteiger partial charge on any atom is -0.261 e. The van der Waals surface area contributed by atoms with Crippen LogP contribution in [-0.2, 0) is 0 Å². The Bertz CT molecular complexity index is 2510. The molecule has 0 aliphatic heterocycles. The molecule has 8 heterocycles. The Hall–Kier alpha value is -5.57. The van der Waals surface area contributed by atoms with Gasteiger partial charge in [-0.25, -0.2) is 44.3 Å². The molecule has 0 atom stereocenters. The van der Waals surface area contributed by atoms with Crippen molar-refractivity contribution in [3.8, 4) is 22.3 Å². The van der Waals surface area contributed by atoms with Crippen LogP contribution in [0.1, 0.15) is 17.1 Å². The quantitative estimate of drug-likeness (QED) is 0.148. The number of anilines is 4. The van der Waals surface area contributed by atoms with Gasteiger partial charge in [0.15, 0.2) is 11.6 Å². The highest BCUT2D eigenvalue weighted by Gasteiger charge is 2.32. The fourth-order valence-corrected chi connectivity index (χ4v) is 7.22. The van der Waals surface area contributed by atoms with Gasteiger partial charge in [0, 0.05) is 86.2 Å². The van der Waals surface area contributed by atoms with E-state index in [1.165, 1.54) is 41.3 Å². The molecule has 8 aromatic heterocycles. The highest BCUT2D eigenvalue weighted by molar-refractivity contribution is 7.15. The van der Waals surface area contributed by atoms with Crippen LogP contribution in [0.25, 0.3) is 44.1 Å². The lowest BCUT2D eigenvalue weighted by atomic mass is 10.0. The van der Waals surface area contributed by atoms with Gasteiger partial charge in [-0.2, -0.15) is 10.0 Å². The summed E-state index contributed by atoms with van der Waals surface area (Å²) in [7, 11) is 0. The zero-order chi connectivity index (χ0) is 33.6. The van der Waals surface area contributed by atoms with Crippen LogP contribution in [-0.4, -0.2) is 44.9 Å². The maximum Gasteiger partial charge on any atom is 0.212 e. The Balaban J connectivity index is 1.44. The van der Waals surface area contributed by atoms with Crippen LogP contribution in [0.5, 0.6) is 0 Å². The zero-order valence-corrected chi connectivity index (χ0v) is 28.5. The minimum atomic E-state index is -0.451. The number of pyridine rings is 5. The minimum absolute atomic E-state index is 0.313. The molecule has 0 aromatic carbocycles. The zero-order valence-electron chi connectivity index (χ0n) is 26.1. The lowest BCUT2D eigenvalue weighted by Gasteiger charge is -2.33. The van der Waals surface area contributed by atoms with Gasteiger partial charge in [0.1, 0.15) is 28.3 Å². The van der Waals surface area contributed by atoms with E-state index in [4.69, 9.17) is 41.5 Å². The number of aryl methyl sites for hydroxylation is 3. The van der Waals surface area contributed by atoms with E-state index in [0.717, 1.165) is 39.0 Å². The topological polar surface area (TPSA) is 122 Å². The van der Waals surface area contributed by atoms with Gasteiger partial charge in [-0.15, -0.1) is 22.7 Å². The number of rotatable bonds is 7. The van der Waals surface area contributed by atoms with Crippen molar-refractivity contribution in [3.63, 3.8) is 0 Å². The Morgan fingerprint density at radius 1 is 0.612 bits per heavy atom. The third-order valence-corrected chi connectivity index (χ3v) is 9.70. The molecule has 0 saturated heterocycles. The third-order valence-electron chi connectivity index (χ3n) is 7.63. The molecular formula is C34H23ClFN11S2. The Morgan fingerprint density at radius 2 is 1.18 bits per heavy atom. The van der Waals surface area contributed by atoms with E-state index >= 15 is 0 Å². The summed E-state index contributed by atoms with van der Waals surface area (Å²) in [5.41, 5.74) is 6.37. The molecule has 240 valence electrons. The van der Waals surface area contributed by atoms with Crippen LogP contribution in [0.4, 0.5) is 26.3 Å². The van der Waals surface area contributed by atoms with Crippen molar-refractivity contribution in [2.45, 2.75) is 20.8 Å². The summed E-state index contributed by atoms with van der Waals surface area (Å²) in [6, 6.07) is 9.25. The number of thiazole rings is 2. The second-order valence-electron chi connectivity index (χ2n) is 11.1. The summed E-state index contributed by atoms with van der Waals surface area (Å²) in [4.78, 5) is 42.2. The SMILES string of the molecule is Cc1csc(N(c2ncc(-c3cncc(F)c3)c3ccc(C)nc23)N(c2nc(Cl)cs2)c2ncc(-c3cncnc3)c3ccc(C)nc23)n1. The van der Waals surface area contributed by atoms with Gasteiger partial charge < -0.3 is 0 Å². The number of hydrogen-bond acceptors (Lipinski definition) is 13. The van der Waals surface area contributed by atoms with Crippen molar-refractivity contribution in [2.75, 3.05) is 10.0 Å². The van der Waals surface area contributed by atoms with Gasteiger partial charge >= 0.3 is 0 Å². The summed E-state index contributed by atoms with van der Waals surface area (Å²) in [6.07, 6.45) is 11.2. The van der Waals surface area contributed by atoms with Gasteiger partial charge in [0.2, 0.25) is 10.3 Å². The molecule has 0 aliphatic rings. The Kier molecular flexibility index (Phi) is 7.82. The van der Waals surface area contributed by atoms with Crippen molar-refractivity contribution in [1.82, 2.24) is 44.9 Å². The highest BCUT2D eigenvalue weighted by Crippen LogP contribution is 2.44. The lowest BCUT2D eigenvalue weighted by Crippen LogP contribution is -2.37. The largest absolute Gasteiger partial charge is 0.261 e. The predicted molar refractivity (Wildman–Crippen MR) is 191 cm³/mol. The smallest absolute Gasteiger partial charge is 0.212 e. The van der Waals surface area contributed by atoms with Crippen LogP contribution in [0.15, 0.2) is 84.6 Å². The molecule has 11 nitrogen and oxygen atoms in total. The summed E-state index contributed by atoms with van der Waals surface area (Å²) < 4.78 is 14.4. The monoisotopic (exact) mass is 703 g/mol. The van der Waals surface area contributed by atoms with E-state index in [9.17, 15) is 4.39 Å². The molecule has 0 N–H and O–H groups in total. The molecule has 0 amide bonds. The molecule has 0 saturated carbocycles. The summed E-state index contributed by atoms with van der Waals surface area (Å²) in [6.45, 7) is 5.76. The second kappa shape index (κ2) is 12.5. The van der Waals surface area contributed by atoms with Gasteiger partial charge in [-0.1, -0.05) is 23.7 Å². The van der Waals surface area contributed by atoms with E-state index in [2.05, 4.69) is 15.0 Å². The first-order chi connectivity index (χ1) is 23.8. The first-order valence-electron chi connectivity index (χ1n) is 14.9. The molecule has 0 aliphatic carbocycles. The summed E-state index contributed by atoms with van der Waals surface area (Å²) >= 11 is 9.24. The molecule has 8 rings (SSSR count). The fourth-order valence-electron chi connectivity index (χ4n) is 5.49. The molecule has 0 bridgehead atoms. The molecule has 0 fully saturated rings. The van der Waals surface area contributed by atoms with Crippen molar-refractivity contribution in [2.24, 2.45) is 0 Å². The van der Waals surface area contributed by atoms with Crippen molar-refractivity contribution < 1.29 is 4.39 Å². The van der Waals surface area contributed by atoms with Crippen molar-refractivity contribution in [3.05, 3.63) is 113 Å². The molecular weight excluding hydrogens is 681 g/mol. The number of halogens is 2. The van der Waals surface area contributed by atoms with Crippen LogP contribution >= 0.6 is 34.3 Å². The Morgan fingerprint density at radius 3 is 1.73 bits per heavy atom. The van der Waals surface area contributed by atoms with Crippen LogP contribution in [0.2, 0.25) is 5.15 Å². The van der Waals surface area contributed by atoms with Crippen LogP contribution < -0.4 is 10.0 Å². The molecule has 49 heavy (non-hydrogen) atoms. The first kappa shape index (κ1) is 30.7. The van der Waals surface area contributed by atoms with E-state index in [1.54, 1.807) is 36.4 Å². The van der Waals surface area contributed by atoms with Crippen molar-refractivity contribution >= 4 is 78.0 Å². The Labute approximate surface area is 291 Å². The van der Waals surface area contributed by atoms with E-state index in [0.29, 0.717) is 49.2 Å². The predicted octanol–water partition coefficient (Wildman–Crippen LogP) is 8.61. The average molecular weight is 704 g/mol. The van der Waals surface area contributed by atoms with E-state index < -0.39 is 5.82 Å².